The molecule has 0 unspecified atom stereocenters. The van der Waals surface area contributed by atoms with Crippen molar-refractivity contribution in [1.29, 1.82) is 0 Å². The number of amides is 2. The predicted molar refractivity (Wildman–Crippen MR) is 48.6 cm³/mol. The molecule has 1 rings (SSSR count). The van der Waals surface area contributed by atoms with Crippen LogP contribution in [-0.2, 0) is 14.4 Å². The zero-order valence-electron chi connectivity index (χ0n) is 7.79. The number of carbonyl (C=O) groups is 3. The van der Waals surface area contributed by atoms with Crippen molar-refractivity contribution < 1.29 is 14.4 Å². The second-order valence-electron chi connectivity index (χ2n) is 3.63. The van der Waals surface area contributed by atoms with Gasteiger partial charge in [0.1, 0.15) is 0 Å². The highest BCUT2D eigenvalue weighted by atomic mass is 16.2. The summed E-state index contributed by atoms with van der Waals surface area (Å²) >= 11 is 0. The van der Waals surface area contributed by atoms with Crippen molar-refractivity contribution in [3.63, 3.8) is 0 Å². The number of ketones is 1. The standard InChI is InChI=1S/C9H13N2O3/c10-7(13)6(12)2-5-9(8(11)14)3-1-4-9/h2H,1,3-5H2,(H2,10,13)(H2,11,14). The topological polar surface area (TPSA) is 103 Å². The normalized spacial score (nSPS) is 18.3. The van der Waals surface area contributed by atoms with Crippen LogP contribution >= 0.6 is 0 Å². The van der Waals surface area contributed by atoms with Gasteiger partial charge in [-0.1, -0.05) is 6.42 Å². The van der Waals surface area contributed by atoms with Crippen molar-refractivity contribution in [3.05, 3.63) is 6.42 Å². The Bertz CT molecular complexity index is 282. The molecule has 0 saturated heterocycles. The Hall–Kier alpha value is -1.39. The van der Waals surface area contributed by atoms with Crippen LogP contribution in [0.1, 0.15) is 25.7 Å². The van der Waals surface area contributed by atoms with Crippen LogP contribution in [0.5, 0.6) is 0 Å². The van der Waals surface area contributed by atoms with Gasteiger partial charge in [0.2, 0.25) is 11.7 Å². The smallest absolute Gasteiger partial charge is 0.285 e. The van der Waals surface area contributed by atoms with Gasteiger partial charge in [-0.05, 0) is 19.3 Å². The van der Waals surface area contributed by atoms with E-state index < -0.39 is 23.0 Å². The lowest BCUT2D eigenvalue weighted by Gasteiger charge is -2.38. The molecular weight excluding hydrogens is 184 g/mol. The number of Topliss-reactive ketones (excluding diaryl/α,β-unsaturated/α-hetero) is 1. The molecule has 1 aliphatic carbocycles. The molecule has 1 radical (unpaired) electrons. The fraction of sp³-hybridized carbons (Fsp3) is 0.556. The zero-order chi connectivity index (χ0) is 10.8. The molecule has 1 fully saturated rings. The van der Waals surface area contributed by atoms with E-state index in [2.05, 4.69) is 0 Å². The molecule has 5 nitrogen and oxygen atoms in total. The molecule has 1 saturated carbocycles. The van der Waals surface area contributed by atoms with Crippen LogP contribution < -0.4 is 11.5 Å². The Morgan fingerprint density at radius 1 is 1.21 bits per heavy atom. The Morgan fingerprint density at radius 2 is 1.79 bits per heavy atom. The number of carbonyl (C=O) groups excluding carboxylic acids is 3. The lowest BCUT2D eigenvalue weighted by atomic mass is 9.65. The van der Waals surface area contributed by atoms with E-state index in [9.17, 15) is 14.4 Å². The van der Waals surface area contributed by atoms with E-state index in [0.717, 1.165) is 12.8 Å². The average Bonchev–Trinajstić information content (AvgIpc) is 2.00. The van der Waals surface area contributed by atoms with Gasteiger partial charge in [-0.25, -0.2) is 0 Å². The lowest BCUT2D eigenvalue weighted by molar-refractivity contribution is -0.136. The molecule has 0 bridgehead atoms. The minimum absolute atomic E-state index is 0.226. The minimum Gasteiger partial charge on any atom is -0.369 e. The highest BCUT2D eigenvalue weighted by Crippen LogP contribution is 2.44. The molecule has 0 spiro atoms. The Balaban J connectivity index is 2.47. The maximum absolute atomic E-state index is 11.1. The van der Waals surface area contributed by atoms with Crippen LogP contribution in [0.25, 0.3) is 0 Å². The molecular formula is C9H13N2O3. The fourth-order valence-corrected chi connectivity index (χ4v) is 1.54. The maximum Gasteiger partial charge on any atom is 0.285 e. The van der Waals surface area contributed by atoms with E-state index in [4.69, 9.17) is 11.5 Å². The monoisotopic (exact) mass is 197 g/mol. The third-order valence-electron chi connectivity index (χ3n) is 2.75. The first-order chi connectivity index (χ1) is 6.48. The second kappa shape index (κ2) is 3.77. The summed E-state index contributed by atoms with van der Waals surface area (Å²) in [5.74, 6) is -2.15. The minimum atomic E-state index is -0.996. The van der Waals surface area contributed by atoms with Crippen LogP contribution in [0.3, 0.4) is 0 Å². The van der Waals surface area contributed by atoms with Gasteiger partial charge in [-0.3, -0.25) is 14.4 Å². The van der Waals surface area contributed by atoms with E-state index in [0.29, 0.717) is 12.8 Å². The number of rotatable bonds is 5. The first kappa shape index (κ1) is 10.7. The quantitative estimate of drug-likeness (QED) is 0.569. The third-order valence-corrected chi connectivity index (χ3v) is 2.75. The van der Waals surface area contributed by atoms with Crippen molar-refractivity contribution >= 4 is 17.6 Å². The summed E-state index contributed by atoms with van der Waals surface area (Å²) in [4.78, 5) is 32.3. The summed E-state index contributed by atoms with van der Waals surface area (Å²) in [6, 6.07) is 0. The predicted octanol–water partition coefficient (Wildman–Crippen LogP) is -0.709. The summed E-state index contributed by atoms with van der Waals surface area (Å²) in [6.07, 6.45) is 3.69. The van der Waals surface area contributed by atoms with Crippen LogP contribution in [-0.4, -0.2) is 17.6 Å². The van der Waals surface area contributed by atoms with Gasteiger partial charge in [-0.2, -0.15) is 0 Å². The van der Waals surface area contributed by atoms with Gasteiger partial charge >= 0.3 is 0 Å². The molecule has 0 heterocycles. The molecule has 0 aromatic carbocycles. The van der Waals surface area contributed by atoms with E-state index in [1.54, 1.807) is 0 Å². The van der Waals surface area contributed by atoms with E-state index in [1.165, 1.54) is 0 Å². The van der Waals surface area contributed by atoms with Gasteiger partial charge in [0.15, 0.2) is 0 Å². The van der Waals surface area contributed by atoms with Crippen LogP contribution in [0.4, 0.5) is 0 Å². The van der Waals surface area contributed by atoms with Crippen LogP contribution in [0.2, 0.25) is 0 Å². The number of hydrogen-bond donors (Lipinski definition) is 2. The summed E-state index contributed by atoms with van der Waals surface area (Å²) in [5.41, 5.74) is 9.37. The summed E-state index contributed by atoms with van der Waals surface area (Å²) in [6.45, 7) is 0. The van der Waals surface area contributed by atoms with Gasteiger partial charge in [-0.15, -0.1) is 0 Å². The number of hydrogen-bond acceptors (Lipinski definition) is 3. The van der Waals surface area contributed by atoms with E-state index in [1.807, 2.05) is 0 Å². The third kappa shape index (κ3) is 1.92. The summed E-state index contributed by atoms with van der Waals surface area (Å²) in [7, 11) is 0. The SMILES string of the molecule is NC(=O)C(=O)[CH]CC1(C(N)=O)CCC1. The van der Waals surface area contributed by atoms with Crippen LogP contribution in [0.15, 0.2) is 0 Å². The zero-order valence-corrected chi connectivity index (χ0v) is 7.79. The molecule has 2 amide bonds. The summed E-state index contributed by atoms with van der Waals surface area (Å²) in [5, 5.41) is 0. The summed E-state index contributed by atoms with van der Waals surface area (Å²) < 4.78 is 0. The molecule has 4 N–H and O–H groups in total. The molecule has 5 heteroatoms. The highest BCUT2D eigenvalue weighted by Gasteiger charge is 2.42. The number of nitrogens with two attached hydrogens (primary N) is 2. The molecule has 0 aromatic rings. The van der Waals surface area contributed by atoms with E-state index in [-0.39, 0.29) is 6.42 Å². The van der Waals surface area contributed by atoms with Gasteiger partial charge in [0, 0.05) is 11.8 Å². The lowest BCUT2D eigenvalue weighted by Crippen LogP contribution is -2.43. The highest BCUT2D eigenvalue weighted by molar-refractivity contribution is 6.38. The van der Waals surface area contributed by atoms with Crippen molar-refractivity contribution in [3.8, 4) is 0 Å². The van der Waals surface area contributed by atoms with Gasteiger partial charge in [0.05, 0.1) is 0 Å². The van der Waals surface area contributed by atoms with Crippen molar-refractivity contribution in [1.82, 2.24) is 0 Å². The Kier molecular flexibility index (Phi) is 2.88. The van der Waals surface area contributed by atoms with Crippen molar-refractivity contribution in [2.75, 3.05) is 0 Å². The molecule has 0 atom stereocenters. The fourth-order valence-electron chi connectivity index (χ4n) is 1.54. The van der Waals surface area contributed by atoms with Crippen LogP contribution in [0, 0.1) is 11.8 Å². The average molecular weight is 197 g/mol. The Labute approximate surface area is 81.8 Å². The largest absolute Gasteiger partial charge is 0.369 e. The molecule has 0 aromatic heterocycles. The first-order valence-electron chi connectivity index (χ1n) is 4.45. The molecule has 77 valence electrons. The molecule has 14 heavy (non-hydrogen) atoms. The Morgan fingerprint density at radius 3 is 2.07 bits per heavy atom. The van der Waals surface area contributed by atoms with E-state index >= 15 is 0 Å². The van der Waals surface area contributed by atoms with Gasteiger partial charge < -0.3 is 11.5 Å². The van der Waals surface area contributed by atoms with Crippen molar-refractivity contribution in [2.45, 2.75) is 25.7 Å². The van der Waals surface area contributed by atoms with Gasteiger partial charge in [0.25, 0.3) is 5.91 Å². The maximum atomic E-state index is 11.1. The molecule has 0 aliphatic heterocycles. The number of primary amides is 2. The second-order valence-corrected chi connectivity index (χ2v) is 3.63. The van der Waals surface area contributed by atoms with Crippen molar-refractivity contribution in [2.24, 2.45) is 16.9 Å². The first-order valence-corrected chi connectivity index (χ1v) is 4.45. The molecule has 1 aliphatic rings.